The highest BCUT2D eigenvalue weighted by molar-refractivity contribution is 7.91. The van der Waals surface area contributed by atoms with Crippen molar-refractivity contribution in [3.8, 4) is 0 Å². The number of sulfone groups is 1. The first-order chi connectivity index (χ1) is 12.3. The molecule has 0 fully saturated rings. The van der Waals surface area contributed by atoms with Gasteiger partial charge in [0, 0.05) is 0 Å². The molecular weight excluding hydrogens is 372 g/mol. The second kappa shape index (κ2) is 9.85. The molecule has 3 nitrogen and oxygen atoms in total. The van der Waals surface area contributed by atoms with Crippen molar-refractivity contribution in [2.24, 2.45) is 0 Å². The number of hydrogen-bond donors (Lipinski definition) is 0. The van der Waals surface area contributed by atoms with E-state index in [9.17, 15) is 8.42 Å². The number of rotatable bonds is 9. The van der Waals surface area contributed by atoms with Crippen LogP contribution >= 0.6 is 0 Å². The molecule has 0 bridgehead atoms. The lowest BCUT2D eigenvalue weighted by molar-refractivity contribution is 0.318. The van der Waals surface area contributed by atoms with E-state index >= 15 is 0 Å². The van der Waals surface area contributed by atoms with Crippen molar-refractivity contribution in [2.45, 2.75) is 70.5 Å². The summed E-state index contributed by atoms with van der Waals surface area (Å²) < 4.78 is 30.9. The third-order valence-electron chi connectivity index (χ3n) is 5.25. The van der Waals surface area contributed by atoms with Gasteiger partial charge in [0.05, 0.1) is 17.3 Å². The fourth-order valence-electron chi connectivity index (χ4n) is 2.19. The lowest BCUT2D eigenvalue weighted by atomic mass is 10.1. The van der Waals surface area contributed by atoms with E-state index in [-0.39, 0.29) is 10.8 Å². The van der Waals surface area contributed by atoms with Crippen LogP contribution in [0.2, 0.25) is 18.1 Å². The molecule has 0 saturated heterocycles. The lowest BCUT2D eigenvalue weighted by Gasteiger charge is -2.36. The Morgan fingerprint density at radius 1 is 1.04 bits per heavy atom. The maximum absolute atomic E-state index is 12.3. The van der Waals surface area contributed by atoms with Gasteiger partial charge in [-0.2, -0.15) is 0 Å². The molecule has 0 atom stereocenters. The van der Waals surface area contributed by atoms with E-state index in [2.05, 4.69) is 46.9 Å². The zero-order valence-corrected chi connectivity index (χ0v) is 19.8. The molecule has 0 unspecified atom stereocenters. The van der Waals surface area contributed by atoms with Gasteiger partial charge in [-0.1, -0.05) is 62.3 Å². The predicted octanol–water partition coefficient (Wildman–Crippen LogP) is 6.15. The molecule has 1 aromatic carbocycles. The fourth-order valence-corrected chi connectivity index (χ4v) is 4.48. The second-order valence-corrected chi connectivity index (χ2v) is 15.6. The van der Waals surface area contributed by atoms with Crippen molar-refractivity contribution in [3.63, 3.8) is 0 Å². The van der Waals surface area contributed by atoms with E-state index in [1.807, 2.05) is 19.1 Å². The molecule has 0 radical (unpaired) electrons. The van der Waals surface area contributed by atoms with Gasteiger partial charge < -0.3 is 4.43 Å². The van der Waals surface area contributed by atoms with Crippen molar-refractivity contribution in [3.05, 3.63) is 53.6 Å². The molecule has 0 N–H and O–H groups in total. The van der Waals surface area contributed by atoms with Gasteiger partial charge >= 0.3 is 0 Å². The van der Waals surface area contributed by atoms with Crippen molar-refractivity contribution in [2.75, 3.05) is 12.4 Å². The summed E-state index contributed by atoms with van der Waals surface area (Å²) in [5.41, 5.74) is 2.34. The summed E-state index contributed by atoms with van der Waals surface area (Å²) in [6.45, 7) is 16.0. The van der Waals surface area contributed by atoms with E-state index in [1.165, 1.54) is 5.57 Å². The summed E-state index contributed by atoms with van der Waals surface area (Å²) in [7, 11) is -4.96. The van der Waals surface area contributed by atoms with Crippen LogP contribution < -0.4 is 0 Å². The molecule has 0 aliphatic rings. The highest BCUT2D eigenvalue weighted by Gasteiger charge is 2.36. The Kier molecular flexibility index (Phi) is 8.71. The first-order valence-electron chi connectivity index (χ1n) is 9.58. The molecule has 0 spiro atoms. The van der Waals surface area contributed by atoms with Crippen LogP contribution in [0.1, 0.15) is 47.5 Å². The molecule has 0 aliphatic carbocycles. The van der Waals surface area contributed by atoms with E-state index < -0.39 is 18.2 Å². The number of allylic oxidation sites excluding steroid dienone is 2. The standard InChI is InChI=1S/C22H36O3SSi/c1-19(16-17-26(23,24)21-14-9-8-10-15-21)12-11-13-20(2)18-25-27(6,7)22(3,4)5/h8-10,13-16H,11-12,17-18H2,1-7H3/b19-16+,20-13+. The van der Waals surface area contributed by atoms with Gasteiger partial charge in [-0.05, 0) is 57.0 Å². The zero-order valence-electron chi connectivity index (χ0n) is 18.0. The molecule has 0 amide bonds. The smallest absolute Gasteiger partial charge is 0.192 e. The van der Waals surface area contributed by atoms with Crippen LogP contribution in [0.15, 0.2) is 58.5 Å². The van der Waals surface area contributed by atoms with Gasteiger partial charge in [0.25, 0.3) is 0 Å². The predicted molar refractivity (Wildman–Crippen MR) is 118 cm³/mol. The van der Waals surface area contributed by atoms with Crippen LogP contribution in [0.25, 0.3) is 0 Å². The van der Waals surface area contributed by atoms with Gasteiger partial charge in [0.2, 0.25) is 0 Å². The highest BCUT2D eigenvalue weighted by atomic mass is 32.2. The average Bonchev–Trinajstić information content (AvgIpc) is 2.58. The van der Waals surface area contributed by atoms with Gasteiger partial charge in [-0.25, -0.2) is 8.42 Å². The second-order valence-electron chi connectivity index (χ2n) is 8.78. The SMILES string of the molecule is C/C(=C\CS(=O)(=O)c1ccccc1)CC/C=C(\C)CO[Si](C)(C)C(C)(C)C. The lowest BCUT2D eigenvalue weighted by Crippen LogP contribution is -2.41. The Bertz CT molecular complexity index is 754. The molecule has 1 aromatic rings. The van der Waals surface area contributed by atoms with Crippen LogP contribution in [-0.4, -0.2) is 29.1 Å². The molecule has 0 saturated carbocycles. The fraction of sp³-hybridized carbons (Fsp3) is 0.545. The topological polar surface area (TPSA) is 43.4 Å². The summed E-state index contributed by atoms with van der Waals surface area (Å²) >= 11 is 0. The average molecular weight is 409 g/mol. The van der Waals surface area contributed by atoms with Crippen molar-refractivity contribution in [1.29, 1.82) is 0 Å². The van der Waals surface area contributed by atoms with Gasteiger partial charge in [-0.15, -0.1) is 0 Å². The Balaban J connectivity index is 2.51. The first-order valence-corrected chi connectivity index (χ1v) is 14.1. The minimum Gasteiger partial charge on any atom is -0.413 e. The van der Waals surface area contributed by atoms with Gasteiger partial charge in [0.1, 0.15) is 0 Å². The Morgan fingerprint density at radius 3 is 2.19 bits per heavy atom. The Labute approximate surface area is 167 Å². The molecule has 152 valence electrons. The van der Waals surface area contributed by atoms with E-state index in [1.54, 1.807) is 24.3 Å². The molecule has 27 heavy (non-hydrogen) atoms. The van der Waals surface area contributed by atoms with Crippen LogP contribution in [0.3, 0.4) is 0 Å². The molecular formula is C22H36O3SSi. The van der Waals surface area contributed by atoms with E-state index in [0.717, 1.165) is 18.4 Å². The summed E-state index contributed by atoms with van der Waals surface area (Å²) in [5, 5.41) is 0.219. The van der Waals surface area contributed by atoms with Crippen LogP contribution in [-0.2, 0) is 14.3 Å². The quantitative estimate of drug-likeness (QED) is 0.363. The summed E-state index contributed by atoms with van der Waals surface area (Å²) in [6.07, 6.45) is 5.80. The van der Waals surface area contributed by atoms with Crippen molar-refractivity contribution in [1.82, 2.24) is 0 Å². The van der Waals surface area contributed by atoms with Crippen molar-refractivity contribution >= 4 is 18.2 Å². The zero-order chi connectivity index (χ0) is 20.7. The Hall–Kier alpha value is -1.17. The molecule has 0 aromatic heterocycles. The largest absolute Gasteiger partial charge is 0.413 e. The third kappa shape index (κ3) is 8.16. The Morgan fingerprint density at radius 2 is 1.63 bits per heavy atom. The molecule has 0 heterocycles. The monoisotopic (exact) mass is 408 g/mol. The number of hydrogen-bond acceptors (Lipinski definition) is 3. The molecule has 5 heteroatoms. The summed E-state index contributed by atoms with van der Waals surface area (Å²) in [6, 6.07) is 8.62. The van der Waals surface area contributed by atoms with E-state index in [0.29, 0.717) is 11.5 Å². The minimum atomic E-state index is -3.24. The number of benzene rings is 1. The van der Waals surface area contributed by atoms with Crippen LogP contribution in [0, 0.1) is 0 Å². The van der Waals surface area contributed by atoms with Gasteiger partial charge in [-0.3, -0.25) is 0 Å². The van der Waals surface area contributed by atoms with Gasteiger partial charge in [0.15, 0.2) is 18.2 Å². The third-order valence-corrected chi connectivity index (χ3v) is 11.3. The first kappa shape index (κ1) is 23.9. The van der Waals surface area contributed by atoms with Crippen LogP contribution in [0.4, 0.5) is 0 Å². The highest BCUT2D eigenvalue weighted by Crippen LogP contribution is 2.36. The summed E-state index contributed by atoms with van der Waals surface area (Å²) in [5.74, 6) is 0.0556. The maximum Gasteiger partial charge on any atom is 0.192 e. The molecule has 1 rings (SSSR count). The summed E-state index contributed by atoms with van der Waals surface area (Å²) in [4.78, 5) is 0.382. The molecule has 0 aliphatic heterocycles. The maximum atomic E-state index is 12.3. The van der Waals surface area contributed by atoms with Crippen molar-refractivity contribution < 1.29 is 12.8 Å². The van der Waals surface area contributed by atoms with E-state index in [4.69, 9.17) is 4.43 Å². The van der Waals surface area contributed by atoms with Crippen LogP contribution in [0.5, 0.6) is 0 Å². The minimum absolute atomic E-state index is 0.0556. The normalized spacial score (nSPS) is 14.5.